The molecular weight excluding hydrogens is 417 g/mol. The summed E-state index contributed by atoms with van der Waals surface area (Å²) in [6, 6.07) is 16.6. The Labute approximate surface area is 188 Å². The Morgan fingerprint density at radius 2 is 1.70 bits per heavy atom. The minimum absolute atomic E-state index is 0.280. The van der Waals surface area contributed by atoms with Gasteiger partial charge in [-0.3, -0.25) is 15.1 Å². The van der Waals surface area contributed by atoms with Gasteiger partial charge in [-0.05, 0) is 47.5 Å². The number of hydrogen-bond acceptors (Lipinski definition) is 4. The quantitative estimate of drug-likeness (QED) is 0.357. The minimum Gasteiger partial charge on any atom is -0.495 e. The van der Waals surface area contributed by atoms with E-state index in [1.807, 2.05) is 36.5 Å². The summed E-state index contributed by atoms with van der Waals surface area (Å²) < 4.78 is 19.1. The highest BCUT2D eigenvalue weighted by molar-refractivity contribution is 6.01. The van der Waals surface area contributed by atoms with Crippen molar-refractivity contribution in [2.45, 2.75) is 0 Å². The van der Waals surface area contributed by atoms with Gasteiger partial charge >= 0.3 is 0 Å². The van der Waals surface area contributed by atoms with Crippen molar-refractivity contribution >= 4 is 21.8 Å². The van der Waals surface area contributed by atoms with Gasteiger partial charge in [0.05, 0.1) is 36.2 Å². The van der Waals surface area contributed by atoms with Crippen molar-refractivity contribution in [3.63, 3.8) is 0 Å². The molecule has 0 spiro atoms. The zero-order valence-electron chi connectivity index (χ0n) is 17.6. The van der Waals surface area contributed by atoms with Crippen LogP contribution in [0.4, 0.5) is 4.39 Å². The van der Waals surface area contributed by atoms with Crippen LogP contribution < -0.4 is 4.74 Å². The molecule has 4 aromatic heterocycles. The fourth-order valence-electron chi connectivity index (χ4n) is 4.15. The summed E-state index contributed by atoms with van der Waals surface area (Å²) in [5.74, 6) is 0.422. The average molecular weight is 435 g/mol. The molecule has 0 bridgehead atoms. The first-order valence-electron chi connectivity index (χ1n) is 10.4. The number of H-pyrrole nitrogens is 2. The van der Waals surface area contributed by atoms with Crippen LogP contribution in [-0.2, 0) is 0 Å². The van der Waals surface area contributed by atoms with Crippen molar-refractivity contribution in [3.05, 3.63) is 85.2 Å². The molecular formula is C26H18FN5O. The SMILES string of the molecule is COc1cncc(-c2ccc3[nH]nc(-c4cc5c(-c6cccc(F)c6)cncc5[nH]4)c3c2)c1. The lowest BCUT2D eigenvalue weighted by atomic mass is 10.0. The molecule has 4 heterocycles. The third-order valence-corrected chi connectivity index (χ3v) is 5.78. The summed E-state index contributed by atoms with van der Waals surface area (Å²) in [6.07, 6.45) is 7.01. The summed E-state index contributed by atoms with van der Waals surface area (Å²) in [5, 5.41) is 9.61. The third-order valence-electron chi connectivity index (χ3n) is 5.78. The fourth-order valence-corrected chi connectivity index (χ4v) is 4.15. The molecule has 0 saturated carbocycles. The largest absolute Gasteiger partial charge is 0.495 e. The highest BCUT2D eigenvalue weighted by Gasteiger charge is 2.15. The number of aromatic amines is 2. The first-order valence-corrected chi connectivity index (χ1v) is 10.4. The van der Waals surface area contributed by atoms with Crippen LogP contribution in [-0.4, -0.2) is 32.3 Å². The predicted molar refractivity (Wildman–Crippen MR) is 126 cm³/mol. The second-order valence-electron chi connectivity index (χ2n) is 7.79. The Morgan fingerprint density at radius 3 is 2.58 bits per heavy atom. The van der Waals surface area contributed by atoms with Crippen LogP contribution in [0.2, 0.25) is 0 Å². The molecule has 6 aromatic rings. The van der Waals surface area contributed by atoms with Crippen LogP contribution in [0.1, 0.15) is 0 Å². The van der Waals surface area contributed by atoms with E-state index in [4.69, 9.17) is 4.74 Å². The molecule has 2 aromatic carbocycles. The van der Waals surface area contributed by atoms with Gasteiger partial charge in [0.2, 0.25) is 0 Å². The van der Waals surface area contributed by atoms with Gasteiger partial charge in [-0.15, -0.1) is 0 Å². The number of pyridine rings is 2. The summed E-state index contributed by atoms with van der Waals surface area (Å²) in [5.41, 5.74) is 7.03. The van der Waals surface area contributed by atoms with Gasteiger partial charge in [0.15, 0.2) is 0 Å². The summed E-state index contributed by atoms with van der Waals surface area (Å²) >= 11 is 0. The van der Waals surface area contributed by atoms with Crippen molar-refractivity contribution in [1.29, 1.82) is 0 Å². The first-order chi connectivity index (χ1) is 16.2. The molecule has 6 nitrogen and oxygen atoms in total. The standard InChI is InChI=1S/C26H18FN5O/c1-33-19-8-17(11-28-12-19)15-5-6-23-21(9-15)26(32-31-23)24-10-20-22(13-29-14-25(20)30-24)16-3-2-4-18(27)7-16/h2-14,30H,1H3,(H,31,32). The van der Waals surface area contributed by atoms with Crippen LogP contribution in [0.15, 0.2) is 79.4 Å². The number of nitrogens with one attached hydrogen (secondary N) is 2. The van der Waals surface area contributed by atoms with E-state index in [0.29, 0.717) is 5.75 Å². The van der Waals surface area contributed by atoms with Crippen molar-refractivity contribution in [2.24, 2.45) is 0 Å². The van der Waals surface area contributed by atoms with E-state index >= 15 is 0 Å². The summed E-state index contributed by atoms with van der Waals surface area (Å²) in [7, 11) is 1.63. The lowest BCUT2D eigenvalue weighted by Gasteiger charge is -2.04. The van der Waals surface area contributed by atoms with Gasteiger partial charge < -0.3 is 9.72 Å². The van der Waals surface area contributed by atoms with Crippen LogP contribution in [0.3, 0.4) is 0 Å². The number of methoxy groups -OCH3 is 1. The number of fused-ring (bicyclic) bond motifs is 2. The fraction of sp³-hybridized carbons (Fsp3) is 0.0385. The summed E-state index contributed by atoms with van der Waals surface area (Å²) in [6.45, 7) is 0. The lowest BCUT2D eigenvalue weighted by Crippen LogP contribution is -1.86. The highest BCUT2D eigenvalue weighted by Crippen LogP contribution is 2.35. The molecule has 6 rings (SSSR count). The molecule has 0 aliphatic heterocycles. The zero-order chi connectivity index (χ0) is 22.4. The number of rotatable bonds is 4. The monoisotopic (exact) mass is 435 g/mol. The number of hydrogen-bond donors (Lipinski definition) is 2. The zero-order valence-corrected chi connectivity index (χ0v) is 17.6. The molecule has 7 heteroatoms. The predicted octanol–water partition coefficient (Wildman–Crippen LogP) is 5.98. The van der Waals surface area contributed by atoms with Gasteiger partial charge in [-0.25, -0.2) is 4.39 Å². The molecule has 33 heavy (non-hydrogen) atoms. The number of benzene rings is 2. The van der Waals surface area contributed by atoms with Crippen molar-refractivity contribution in [2.75, 3.05) is 7.11 Å². The molecule has 0 atom stereocenters. The number of halogens is 1. The van der Waals surface area contributed by atoms with Gasteiger partial charge in [-0.2, -0.15) is 5.10 Å². The maximum atomic E-state index is 13.8. The van der Waals surface area contributed by atoms with Crippen molar-refractivity contribution < 1.29 is 9.13 Å². The second kappa shape index (κ2) is 7.56. The van der Waals surface area contributed by atoms with Crippen molar-refractivity contribution in [3.8, 4) is 39.4 Å². The van der Waals surface area contributed by atoms with Gasteiger partial charge in [0.25, 0.3) is 0 Å². The normalized spacial score (nSPS) is 11.3. The Bertz CT molecular complexity index is 1640. The molecule has 0 aliphatic carbocycles. The Balaban J connectivity index is 1.49. The van der Waals surface area contributed by atoms with Gasteiger partial charge in [0.1, 0.15) is 17.3 Å². The van der Waals surface area contributed by atoms with E-state index in [-0.39, 0.29) is 5.82 Å². The minimum atomic E-state index is -0.280. The van der Waals surface area contributed by atoms with Crippen LogP contribution in [0, 0.1) is 5.82 Å². The average Bonchev–Trinajstić information content (AvgIpc) is 3.47. The van der Waals surface area contributed by atoms with Crippen LogP contribution >= 0.6 is 0 Å². The van der Waals surface area contributed by atoms with E-state index < -0.39 is 0 Å². The van der Waals surface area contributed by atoms with Crippen LogP contribution in [0.5, 0.6) is 5.75 Å². The molecule has 2 N–H and O–H groups in total. The van der Waals surface area contributed by atoms with E-state index in [2.05, 4.69) is 31.2 Å². The van der Waals surface area contributed by atoms with Gasteiger partial charge in [-0.1, -0.05) is 18.2 Å². The Hall–Kier alpha value is -4.52. The number of aromatic nitrogens is 5. The third kappa shape index (κ3) is 3.30. The molecule has 160 valence electrons. The topological polar surface area (TPSA) is 79.5 Å². The maximum Gasteiger partial charge on any atom is 0.137 e. The van der Waals surface area contributed by atoms with E-state index in [1.165, 1.54) is 12.1 Å². The highest BCUT2D eigenvalue weighted by atomic mass is 19.1. The summed E-state index contributed by atoms with van der Waals surface area (Å²) in [4.78, 5) is 12.0. The Morgan fingerprint density at radius 1 is 0.788 bits per heavy atom. The molecule has 0 aliphatic rings. The number of ether oxygens (including phenoxy) is 1. The second-order valence-corrected chi connectivity index (χ2v) is 7.79. The molecule has 0 saturated heterocycles. The van der Waals surface area contributed by atoms with E-state index in [1.54, 1.807) is 31.8 Å². The lowest BCUT2D eigenvalue weighted by molar-refractivity contribution is 0.413. The first kappa shape index (κ1) is 19.2. The molecule has 0 amide bonds. The Kier molecular flexibility index (Phi) is 4.40. The van der Waals surface area contributed by atoms with Gasteiger partial charge in [0, 0.05) is 34.3 Å². The molecule has 0 radical (unpaired) electrons. The molecule has 0 unspecified atom stereocenters. The van der Waals surface area contributed by atoms with Crippen LogP contribution in [0.25, 0.3) is 55.4 Å². The van der Waals surface area contributed by atoms with E-state index in [9.17, 15) is 4.39 Å². The maximum absolute atomic E-state index is 13.8. The number of nitrogens with zero attached hydrogens (tertiary/aromatic N) is 3. The van der Waals surface area contributed by atoms with E-state index in [0.717, 1.165) is 55.4 Å². The smallest absolute Gasteiger partial charge is 0.137 e. The molecule has 0 fully saturated rings. The van der Waals surface area contributed by atoms with Crippen molar-refractivity contribution in [1.82, 2.24) is 25.1 Å².